The topological polar surface area (TPSA) is 62.2 Å². The standard InChI is InChI=1S/C12H21N5O/c1-9-8-11(16(3)15-9)14-12(18)10(2)17-6-4-13-5-7-17/h8,10,13H,4-7H2,1-3H3,(H,14,18). The van der Waals surface area contributed by atoms with Crippen LogP contribution in [0.25, 0.3) is 0 Å². The van der Waals surface area contributed by atoms with Gasteiger partial charge in [-0.3, -0.25) is 14.4 Å². The van der Waals surface area contributed by atoms with Gasteiger partial charge in [-0.15, -0.1) is 0 Å². The van der Waals surface area contributed by atoms with Crippen LogP contribution in [0.3, 0.4) is 0 Å². The van der Waals surface area contributed by atoms with Crippen LogP contribution in [0.15, 0.2) is 6.07 Å². The maximum absolute atomic E-state index is 12.2. The zero-order chi connectivity index (χ0) is 13.1. The highest BCUT2D eigenvalue weighted by Gasteiger charge is 2.23. The quantitative estimate of drug-likeness (QED) is 0.791. The largest absolute Gasteiger partial charge is 0.314 e. The molecule has 0 bridgehead atoms. The number of piperazine rings is 1. The second-order valence-corrected chi connectivity index (χ2v) is 4.75. The fraction of sp³-hybridized carbons (Fsp3) is 0.667. The molecule has 6 nitrogen and oxygen atoms in total. The summed E-state index contributed by atoms with van der Waals surface area (Å²) in [7, 11) is 1.83. The lowest BCUT2D eigenvalue weighted by molar-refractivity contribution is -0.121. The van der Waals surface area contributed by atoms with Crippen LogP contribution in [0, 0.1) is 6.92 Å². The molecule has 100 valence electrons. The Morgan fingerprint density at radius 2 is 2.17 bits per heavy atom. The van der Waals surface area contributed by atoms with Gasteiger partial charge in [0, 0.05) is 39.3 Å². The lowest BCUT2D eigenvalue weighted by atomic mass is 10.2. The smallest absolute Gasteiger partial charge is 0.242 e. The first-order chi connectivity index (χ1) is 8.58. The molecule has 2 rings (SSSR count). The van der Waals surface area contributed by atoms with E-state index in [0.717, 1.165) is 37.7 Å². The van der Waals surface area contributed by atoms with Crippen LogP contribution in [-0.4, -0.2) is 52.8 Å². The maximum Gasteiger partial charge on any atom is 0.242 e. The molecule has 1 saturated heterocycles. The van der Waals surface area contributed by atoms with Crippen molar-refractivity contribution in [3.05, 3.63) is 11.8 Å². The molecule has 0 aromatic carbocycles. The van der Waals surface area contributed by atoms with E-state index < -0.39 is 0 Å². The summed E-state index contributed by atoms with van der Waals surface area (Å²) < 4.78 is 1.69. The van der Waals surface area contributed by atoms with Crippen LogP contribution in [0.5, 0.6) is 0 Å². The number of carbonyl (C=O) groups excluding carboxylic acids is 1. The maximum atomic E-state index is 12.2. The summed E-state index contributed by atoms with van der Waals surface area (Å²) in [6.45, 7) is 7.59. The third-order valence-electron chi connectivity index (χ3n) is 3.33. The van der Waals surface area contributed by atoms with Crippen molar-refractivity contribution in [1.29, 1.82) is 0 Å². The van der Waals surface area contributed by atoms with E-state index in [9.17, 15) is 4.79 Å². The van der Waals surface area contributed by atoms with Gasteiger partial charge in [0.25, 0.3) is 0 Å². The lowest BCUT2D eigenvalue weighted by Crippen LogP contribution is -2.51. The van der Waals surface area contributed by atoms with E-state index in [-0.39, 0.29) is 11.9 Å². The van der Waals surface area contributed by atoms with Gasteiger partial charge in [-0.2, -0.15) is 5.10 Å². The van der Waals surface area contributed by atoms with E-state index in [1.807, 2.05) is 27.0 Å². The number of nitrogens with one attached hydrogen (secondary N) is 2. The number of rotatable bonds is 3. The summed E-state index contributed by atoms with van der Waals surface area (Å²) in [5.74, 6) is 0.777. The molecule has 1 aliphatic heterocycles. The number of aromatic nitrogens is 2. The summed E-state index contributed by atoms with van der Waals surface area (Å²) in [5, 5.41) is 10.4. The van der Waals surface area contributed by atoms with Gasteiger partial charge in [-0.1, -0.05) is 0 Å². The molecule has 1 aliphatic rings. The molecule has 1 aromatic heterocycles. The summed E-state index contributed by atoms with van der Waals surface area (Å²) in [4.78, 5) is 14.3. The first kappa shape index (κ1) is 13.0. The van der Waals surface area contributed by atoms with Crippen molar-refractivity contribution in [3.8, 4) is 0 Å². The van der Waals surface area contributed by atoms with Gasteiger partial charge in [-0.05, 0) is 13.8 Å². The van der Waals surface area contributed by atoms with Gasteiger partial charge < -0.3 is 10.6 Å². The molecular weight excluding hydrogens is 230 g/mol. The third kappa shape index (κ3) is 2.88. The van der Waals surface area contributed by atoms with E-state index in [4.69, 9.17) is 0 Å². The molecule has 0 aliphatic carbocycles. The fourth-order valence-corrected chi connectivity index (χ4v) is 2.19. The molecule has 1 atom stereocenters. The van der Waals surface area contributed by atoms with Crippen LogP contribution in [0.1, 0.15) is 12.6 Å². The van der Waals surface area contributed by atoms with Crippen LogP contribution in [0.4, 0.5) is 5.82 Å². The minimum atomic E-state index is -0.109. The monoisotopic (exact) mass is 251 g/mol. The van der Waals surface area contributed by atoms with Crippen molar-refractivity contribution in [2.45, 2.75) is 19.9 Å². The Bertz CT molecular complexity index is 422. The lowest BCUT2D eigenvalue weighted by Gasteiger charge is -2.31. The summed E-state index contributed by atoms with van der Waals surface area (Å²) in [6.07, 6.45) is 0. The van der Waals surface area contributed by atoms with Gasteiger partial charge in [0.1, 0.15) is 5.82 Å². The highest BCUT2D eigenvalue weighted by molar-refractivity contribution is 5.93. The Hall–Kier alpha value is -1.40. The van der Waals surface area contributed by atoms with Gasteiger partial charge >= 0.3 is 0 Å². The molecule has 1 amide bonds. The van der Waals surface area contributed by atoms with E-state index in [1.54, 1.807) is 4.68 Å². The summed E-state index contributed by atoms with van der Waals surface area (Å²) in [5.41, 5.74) is 0.905. The number of hydrogen-bond acceptors (Lipinski definition) is 4. The normalized spacial score (nSPS) is 18.6. The molecular formula is C12H21N5O. The molecule has 1 unspecified atom stereocenters. The molecule has 18 heavy (non-hydrogen) atoms. The minimum absolute atomic E-state index is 0.0277. The van der Waals surface area contributed by atoms with E-state index >= 15 is 0 Å². The van der Waals surface area contributed by atoms with Crippen molar-refractivity contribution < 1.29 is 4.79 Å². The molecule has 1 aromatic rings. The Morgan fingerprint density at radius 3 is 2.72 bits per heavy atom. The van der Waals surface area contributed by atoms with Crippen LogP contribution >= 0.6 is 0 Å². The molecule has 1 fully saturated rings. The number of anilines is 1. The van der Waals surface area contributed by atoms with Gasteiger partial charge in [0.2, 0.25) is 5.91 Å². The van der Waals surface area contributed by atoms with E-state index in [2.05, 4.69) is 20.6 Å². The molecule has 2 heterocycles. The van der Waals surface area contributed by atoms with Crippen molar-refractivity contribution in [2.24, 2.45) is 7.05 Å². The van der Waals surface area contributed by atoms with Gasteiger partial charge in [0.05, 0.1) is 11.7 Å². The second kappa shape index (κ2) is 5.49. The summed E-state index contributed by atoms with van der Waals surface area (Å²) >= 11 is 0. The molecule has 6 heteroatoms. The Kier molecular flexibility index (Phi) is 3.98. The van der Waals surface area contributed by atoms with Crippen molar-refractivity contribution in [2.75, 3.05) is 31.5 Å². The van der Waals surface area contributed by atoms with E-state index in [0.29, 0.717) is 0 Å². The van der Waals surface area contributed by atoms with Crippen molar-refractivity contribution in [3.63, 3.8) is 0 Å². The number of hydrogen-bond donors (Lipinski definition) is 2. The van der Waals surface area contributed by atoms with Gasteiger partial charge in [0.15, 0.2) is 0 Å². The highest BCUT2D eigenvalue weighted by Crippen LogP contribution is 2.10. The second-order valence-electron chi connectivity index (χ2n) is 4.75. The Balaban J connectivity index is 1.96. The van der Waals surface area contributed by atoms with E-state index in [1.165, 1.54) is 0 Å². The zero-order valence-electron chi connectivity index (χ0n) is 11.2. The van der Waals surface area contributed by atoms with Crippen molar-refractivity contribution in [1.82, 2.24) is 20.0 Å². The van der Waals surface area contributed by atoms with Gasteiger partial charge in [-0.25, -0.2) is 0 Å². The zero-order valence-corrected chi connectivity index (χ0v) is 11.2. The number of nitrogens with zero attached hydrogens (tertiary/aromatic N) is 3. The minimum Gasteiger partial charge on any atom is -0.314 e. The number of aryl methyl sites for hydroxylation is 2. The molecule has 0 saturated carbocycles. The Morgan fingerprint density at radius 1 is 1.50 bits per heavy atom. The fourth-order valence-electron chi connectivity index (χ4n) is 2.19. The van der Waals surface area contributed by atoms with Crippen LogP contribution < -0.4 is 10.6 Å². The number of amides is 1. The molecule has 2 N–H and O–H groups in total. The third-order valence-corrected chi connectivity index (χ3v) is 3.33. The van der Waals surface area contributed by atoms with Crippen LogP contribution in [-0.2, 0) is 11.8 Å². The highest BCUT2D eigenvalue weighted by atomic mass is 16.2. The predicted octanol–water partition coefficient (Wildman–Crippen LogP) is -0.0393. The first-order valence-electron chi connectivity index (χ1n) is 6.34. The van der Waals surface area contributed by atoms with Crippen molar-refractivity contribution >= 4 is 11.7 Å². The number of carbonyl (C=O) groups is 1. The average Bonchev–Trinajstić information content (AvgIpc) is 2.68. The molecule has 0 radical (unpaired) electrons. The molecule has 0 spiro atoms. The SMILES string of the molecule is Cc1cc(NC(=O)C(C)N2CCNCC2)n(C)n1. The first-order valence-corrected chi connectivity index (χ1v) is 6.34. The Labute approximate surface area is 107 Å². The predicted molar refractivity (Wildman–Crippen MR) is 70.5 cm³/mol. The summed E-state index contributed by atoms with van der Waals surface area (Å²) in [6, 6.07) is 1.77. The van der Waals surface area contributed by atoms with Crippen LogP contribution in [0.2, 0.25) is 0 Å². The average molecular weight is 251 g/mol.